The van der Waals surface area contributed by atoms with Crippen LogP contribution in [0.5, 0.6) is 5.75 Å². The molecule has 4 rings (SSSR count). The smallest absolute Gasteiger partial charge is 0.277 e. The number of carbonyl (C=O) groups is 2. The van der Waals surface area contributed by atoms with Gasteiger partial charge < -0.3 is 14.5 Å². The molecule has 31 heavy (non-hydrogen) atoms. The first kappa shape index (κ1) is 20.9. The highest BCUT2D eigenvalue weighted by molar-refractivity contribution is 8.00. The molecule has 0 bridgehead atoms. The molecule has 2 amide bonds. The fourth-order valence-corrected chi connectivity index (χ4v) is 3.96. The molecule has 0 unspecified atom stereocenters. The molecule has 0 saturated heterocycles. The maximum absolute atomic E-state index is 13.0. The molecule has 3 aromatic rings. The first-order valence-electron chi connectivity index (χ1n) is 9.80. The van der Waals surface area contributed by atoms with E-state index >= 15 is 0 Å². The van der Waals surface area contributed by atoms with Crippen molar-refractivity contribution in [1.82, 2.24) is 10.2 Å². The van der Waals surface area contributed by atoms with Crippen molar-refractivity contribution >= 4 is 35.0 Å². The van der Waals surface area contributed by atoms with Gasteiger partial charge in [-0.05, 0) is 50.1 Å². The maximum atomic E-state index is 13.0. The second-order valence-electron chi connectivity index (χ2n) is 7.27. The zero-order valence-corrected chi connectivity index (χ0v) is 18.2. The van der Waals surface area contributed by atoms with Crippen molar-refractivity contribution in [1.29, 1.82) is 0 Å². The molecular formula is C22H22N4O4S. The Morgan fingerprint density at radius 3 is 2.90 bits per heavy atom. The van der Waals surface area contributed by atoms with E-state index in [9.17, 15) is 9.59 Å². The highest BCUT2D eigenvalue weighted by Gasteiger charge is 2.31. The fraction of sp³-hybridized carbons (Fsp3) is 0.273. The van der Waals surface area contributed by atoms with E-state index in [1.807, 2.05) is 44.2 Å². The molecule has 8 nitrogen and oxygen atoms in total. The van der Waals surface area contributed by atoms with Crippen molar-refractivity contribution in [2.24, 2.45) is 0 Å². The number of hydrogen-bond donors (Lipinski definition) is 1. The largest absolute Gasteiger partial charge is 0.484 e. The van der Waals surface area contributed by atoms with Gasteiger partial charge in [0.05, 0.1) is 16.6 Å². The van der Waals surface area contributed by atoms with Crippen molar-refractivity contribution in [2.75, 3.05) is 16.8 Å². The van der Waals surface area contributed by atoms with E-state index in [-0.39, 0.29) is 30.2 Å². The minimum Gasteiger partial charge on any atom is -0.484 e. The average Bonchev–Trinajstić information content (AvgIpc) is 3.20. The van der Waals surface area contributed by atoms with Crippen molar-refractivity contribution < 1.29 is 18.7 Å². The van der Waals surface area contributed by atoms with Gasteiger partial charge in [0.25, 0.3) is 11.1 Å². The lowest BCUT2D eigenvalue weighted by Gasteiger charge is -2.30. The number of aryl methyl sites for hydroxylation is 2. The molecule has 1 atom stereocenters. The van der Waals surface area contributed by atoms with Crippen LogP contribution in [0.4, 0.5) is 11.4 Å². The van der Waals surface area contributed by atoms with Gasteiger partial charge in [0, 0.05) is 0 Å². The molecule has 0 aliphatic carbocycles. The minimum absolute atomic E-state index is 0.0283. The highest BCUT2D eigenvalue weighted by Crippen LogP contribution is 2.32. The normalized spacial score (nSPS) is 14.0. The molecule has 1 aromatic heterocycles. The number of rotatable bonds is 6. The molecule has 9 heteroatoms. The molecule has 1 aliphatic rings. The van der Waals surface area contributed by atoms with Crippen LogP contribution in [0.3, 0.4) is 0 Å². The van der Waals surface area contributed by atoms with Crippen molar-refractivity contribution in [3.05, 3.63) is 59.5 Å². The molecule has 0 saturated carbocycles. The van der Waals surface area contributed by atoms with Gasteiger partial charge >= 0.3 is 0 Å². The van der Waals surface area contributed by atoms with E-state index < -0.39 is 5.25 Å². The number of carbonyl (C=O) groups excluding carboxylic acids is 2. The number of amides is 2. The van der Waals surface area contributed by atoms with Gasteiger partial charge in [0.15, 0.2) is 6.61 Å². The Labute approximate surface area is 184 Å². The Bertz CT molecular complexity index is 1130. The summed E-state index contributed by atoms with van der Waals surface area (Å²) in [5.41, 5.74) is 3.41. The van der Waals surface area contributed by atoms with Gasteiger partial charge in [-0.15, -0.1) is 10.2 Å². The molecule has 0 spiro atoms. The second-order valence-corrected chi connectivity index (χ2v) is 8.56. The van der Waals surface area contributed by atoms with Crippen molar-refractivity contribution in [2.45, 2.75) is 37.9 Å². The van der Waals surface area contributed by atoms with E-state index in [1.54, 1.807) is 19.1 Å². The van der Waals surface area contributed by atoms with Gasteiger partial charge in [0.2, 0.25) is 11.8 Å². The standard InChI is InChI=1S/C22H22N4O4S/c1-13-8-9-14(2)18(10-13)29-12-20-24-25-22(30-20)31-15(3)21(28)26-11-19(27)23-16-6-4-5-7-17(16)26/h4-10,15H,11-12H2,1-3H3,(H,23,27)/t15-/m1/s1. The number of anilines is 2. The minimum atomic E-state index is -0.521. The van der Waals surface area contributed by atoms with Crippen LogP contribution in [-0.4, -0.2) is 33.8 Å². The van der Waals surface area contributed by atoms with Crippen LogP contribution in [0.2, 0.25) is 0 Å². The lowest BCUT2D eigenvalue weighted by Crippen LogP contribution is -2.45. The number of para-hydroxylation sites is 2. The van der Waals surface area contributed by atoms with Crippen LogP contribution >= 0.6 is 11.8 Å². The van der Waals surface area contributed by atoms with E-state index in [2.05, 4.69) is 15.5 Å². The van der Waals surface area contributed by atoms with E-state index in [0.29, 0.717) is 17.3 Å². The zero-order valence-electron chi connectivity index (χ0n) is 17.4. The van der Waals surface area contributed by atoms with Gasteiger partial charge in [-0.2, -0.15) is 0 Å². The lowest BCUT2D eigenvalue weighted by molar-refractivity contribution is -0.121. The summed E-state index contributed by atoms with van der Waals surface area (Å²) in [6.45, 7) is 5.82. The summed E-state index contributed by atoms with van der Waals surface area (Å²) in [5.74, 6) is 0.648. The van der Waals surface area contributed by atoms with Crippen LogP contribution in [0.15, 0.2) is 52.1 Å². The summed E-state index contributed by atoms with van der Waals surface area (Å²) in [4.78, 5) is 26.5. The van der Waals surface area contributed by atoms with Gasteiger partial charge in [-0.25, -0.2) is 0 Å². The first-order chi connectivity index (χ1) is 14.9. The Balaban J connectivity index is 1.40. The molecule has 0 fully saturated rings. The third-order valence-electron chi connectivity index (χ3n) is 4.81. The van der Waals surface area contributed by atoms with Gasteiger partial charge in [0.1, 0.15) is 12.3 Å². The molecule has 1 N–H and O–H groups in total. The first-order valence-corrected chi connectivity index (χ1v) is 10.7. The third-order valence-corrected chi connectivity index (χ3v) is 5.73. The third kappa shape index (κ3) is 4.72. The number of nitrogens with zero attached hydrogens (tertiary/aromatic N) is 3. The summed E-state index contributed by atoms with van der Waals surface area (Å²) in [6, 6.07) is 13.2. The molecule has 2 heterocycles. The van der Waals surface area contributed by atoms with E-state index in [4.69, 9.17) is 9.15 Å². The van der Waals surface area contributed by atoms with Crippen molar-refractivity contribution in [3.8, 4) is 5.75 Å². The van der Waals surface area contributed by atoms with Gasteiger partial charge in [-0.1, -0.05) is 36.0 Å². The maximum Gasteiger partial charge on any atom is 0.277 e. The summed E-state index contributed by atoms with van der Waals surface area (Å²) in [6.07, 6.45) is 0. The Morgan fingerprint density at radius 2 is 2.06 bits per heavy atom. The van der Waals surface area contributed by atoms with Gasteiger partial charge in [-0.3, -0.25) is 14.5 Å². The Morgan fingerprint density at radius 1 is 1.26 bits per heavy atom. The lowest BCUT2D eigenvalue weighted by atomic mass is 10.1. The number of aromatic nitrogens is 2. The van der Waals surface area contributed by atoms with Crippen LogP contribution in [0.25, 0.3) is 0 Å². The Hall–Kier alpha value is -3.33. The topological polar surface area (TPSA) is 97.6 Å². The van der Waals surface area contributed by atoms with Crippen molar-refractivity contribution in [3.63, 3.8) is 0 Å². The fourth-order valence-electron chi connectivity index (χ4n) is 3.20. The Kier molecular flexibility index (Phi) is 5.94. The number of fused-ring (bicyclic) bond motifs is 1. The summed E-state index contributed by atoms with van der Waals surface area (Å²) < 4.78 is 11.4. The average molecular weight is 439 g/mol. The number of ether oxygens (including phenoxy) is 1. The summed E-state index contributed by atoms with van der Waals surface area (Å²) in [7, 11) is 0. The van der Waals surface area contributed by atoms with Crippen LogP contribution in [0, 0.1) is 13.8 Å². The predicted octanol–water partition coefficient (Wildman–Crippen LogP) is 3.73. The molecule has 0 radical (unpaired) electrons. The number of hydrogen-bond acceptors (Lipinski definition) is 7. The second kappa shape index (κ2) is 8.81. The predicted molar refractivity (Wildman–Crippen MR) is 117 cm³/mol. The monoisotopic (exact) mass is 438 g/mol. The summed E-state index contributed by atoms with van der Waals surface area (Å²) >= 11 is 1.15. The number of thioether (sulfide) groups is 1. The molecule has 1 aliphatic heterocycles. The molecular weight excluding hydrogens is 416 g/mol. The van der Waals surface area contributed by atoms with Crippen LogP contribution in [0.1, 0.15) is 23.9 Å². The number of nitrogens with one attached hydrogen (secondary N) is 1. The zero-order chi connectivity index (χ0) is 22.0. The molecule has 2 aromatic carbocycles. The quantitative estimate of drug-likeness (QED) is 0.586. The van der Waals surface area contributed by atoms with E-state index in [0.717, 1.165) is 28.6 Å². The SMILES string of the molecule is Cc1ccc(C)c(OCc2nnc(S[C@H](C)C(=O)N3CC(=O)Nc4ccccc43)o2)c1. The highest BCUT2D eigenvalue weighted by atomic mass is 32.2. The van der Waals surface area contributed by atoms with Crippen LogP contribution < -0.4 is 15.0 Å². The van der Waals surface area contributed by atoms with E-state index in [1.165, 1.54) is 4.90 Å². The summed E-state index contributed by atoms with van der Waals surface area (Å²) in [5, 5.41) is 10.5. The van der Waals surface area contributed by atoms with Crippen LogP contribution in [-0.2, 0) is 16.2 Å². The number of benzene rings is 2. The molecule has 160 valence electrons.